The fourth-order valence-corrected chi connectivity index (χ4v) is 4.71. The maximum Gasteiger partial charge on any atom is 0.00515 e. The summed E-state index contributed by atoms with van der Waals surface area (Å²) >= 11 is 0. The molecule has 0 bridgehead atoms. The number of benzene rings is 2. The van der Waals surface area contributed by atoms with Gasteiger partial charge in [-0.15, -0.1) is 0 Å². The molecule has 2 aromatic rings. The zero-order chi connectivity index (χ0) is 20.1. The van der Waals surface area contributed by atoms with Gasteiger partial charge in [-0.3, -0.25) is 0 Å². The Morgan fingerprint density at radius 2 is 1.75 bits per heavy atom. The van der Waals surface area contributed by atoms with Crippen LogP contribution < -0.4 is 0 Å². The van der Waals surface area contributed by atoms with Crippen LogP contribution in [0.15, 0.2) is 48.0 Å². The first-order valence-corrected chi connectivity index (χ1v) is 11.4. The van der Waals surface area contributed by atoms with Gasteiger partial charge in [-0.25, -0.2) is 0 Å². The summed E-state index contributed by atoms with van der Waals surface area (Å²) in [7, 11) is 0. The van der Waals surface area contributed by atoms with E-state index in [-0.39, 0.29) is 0 Å². The van der Waals surface area contributed by atoms with E-state index >= 15 is 0 Å². The highest BCUT2D eigenvalue weighted by atomic mass is 14.3. The molecule has 1 aliphatic carbocycles. The molecule has 0 nitrogen and oxygen atoms in total. The van der Waals surface area contributed by atoms with E-state index < -0.39 is 0 Å². The lowest BCUT2D eigenvalue weighted by Crippen LogP contribution is -2.09. The van der Waals surface area contributed by atoms with Gasteiger partial charge in [0.1, 0.15) is 0 Å². The van der Waals surface area contributed by atoms with Gasteiger partial charge in [-0.2, -0.15) is 0 Å². The van der Waals surface area contributed by atoms with E-state index in [9.17, 15) is 0 Å². The smallest absolute Gasteiger partial charge is 0.00515 e. The monoisotopic (exact) mass is 374 g/mol. The van der Waals surface area contributed by atoms with Gasteiger partial charge in [0.2, 0.25) is 0 Å². The third kappa shape index (κ3) is 4.96. The van der Waals surface area contributed by atoms with Crippen LogP contribution in [0, 0.1) is 19.8 Å². The second-order valence-electron chi connectivity index (χ2n) is 9.07. The number of hydrogen-bond acceptors (Lipinski definition) is 0. The molecule has 0 radical (unpaired) electrons. The standard InChI is InChI=1S/C28H38/c1-6-20(2)9-7-10-24-15-17-25(18-16-24)26-11-8-12-27(23(26)5)28-19-21(3)13-14-22(28)4/h13-20,26H,6-12H2,1-5H3. The average Bonchev–Trinajstić information content (AvgIpc) is 2.70. The Hall–Kier alpha value is -1.82. The van der Waals surface area contributed by atoms with Crippen LogP contribution in [0.25, 0.3) is 5.57 Å². The van der Waals surface area contributed by atoms with Crippen molar-refractivity contribution in [2.75, 3.05) is 0 Å². The topological polar surface area (TPSA) is 0 Å². The molecule has 0 spiro atoms. The summed E-state index contributed by atoms with van der Waals surface area (Å²) in [4.78, 5) is 0. The molecule has 150 valence electrons. The third-order valence-electron chi connectivity index (χ3n) is 6.88. The molecule has 3 rings (SSSR count). The Morgan fingerprint density at radius 3 is 2.46 bits per heavy atom. The Bertz CT molecular complexity index is 806. The van der Waals surface area contributed by atoms with Crippen molar-refractivity contribution in [3.63, 3.8) is 0 Å². The van der Waals surface area contributed by atoms with Crippen molar-refractivity contribution in [2.45, 2.75) is 85.5 Å². The molecule has 0 amide bonds. The normalized spacial score (nSPS) is 18.4. The average molecular weight is 375 g/mol. The molecule has 0 saturated heterocycles. The van der Waals surface area contributed by atoms with Gasteiger partial charge >= 0.3 is 0 Å². The number of rotatable bonds is 7. The van der Waals surface area contributed by atoms with Gasteiger partial charge in [-0.1, -0.05) is 80.3 Å². The molecule has 0 heterocycles. The SMILES string of the molecule is CCC(C)CCCc1ccc(C2CCCC(c3cc(C)ccc3C)=C2C)cc1. The Labute approximate surface area is 173 Å². The van der Waals surface area contributed by atoms with Crippen LogP contribution in [0.2, 0.25) is 0 Å². The lowest BCUT2D eigenvalue weighted by atomic mass is 9.76. The van der Waals surface area contributed by atoms with E-state index in [1.54, 1.807) is 11.1 Å². The van der Waals surface area contributed by atoms with Crippen molar-refractivity contribution in [1.29, 1.82) is 0 Å². The van der Waals surface area contributed by atoms with Crippen LogP contribution in [0.4, 0.5) is 0 Å². The fraction of sp³-hybridized carbons (Fsp3) is 0.500. The molecule has 0 N–H and O–H groups in total. The molecule has 2 unspecified atom stereocenters. The summed E-state index contributed by atoms with van der Waals surface area (Å²) < 4.78 is 0. The molecule has 0 fully saturated rings. The van der Waals surface area contributed by atoms with Crippen molar-refractivity contribution >= 4 is 5.57 Å². The summed E-state index contributed by atoms with van der Waals surface area (Å²) in [6.07, 6.45) is 8.98. The maximum atomic E-state index is 2.40. The summed E-state index contributed by atoms with van der Waals surface area (Å²) in [5.74, 6) is 1.44. The molecule has 0 aromatic heterocycles. The number of hydrogen-bond donors (Lipinski definition) is 0. The first-order chi connectivity index (χ1) is 13.5. The zero-order valence-electron chi connectivity index (χ0n) is 18.6. The largest absolute Gasteiger partial charge is 0.0651 e. The zero-order valence-corrected chi connectivity index (χ0v) is 18.6. The third-order valence-corrected chi connectivity index (χ3v) is 6.88. The molecular weight excluding hydrogens is 336 g/mol. The molecule has 1 aliphatic rings. The Balaban J connectivity index is 1.76. The minimum Gasteiger partial charge on any atom is -0.0651 e. The Morgan fingerprint density at radius 1 is 1.00 bits per heavy atom. The molecular formula is C28H38. The lowest BCUT2D eigenvalue weighted by molar-refractivity contribution is 0.495. The van der Waals surface area contributed by atoms with Crippen LogP contribution in [0.1, 0.15) is 93.0 Å². The van der Waals surface area contributed by atoms with Crippen LogP contribution in [-0.2, 0) is 6.42 Å². The van der Waals surface area contributed by atoms with Gasteiger partial charge in [0.05, 0.1) is 0 Å². The Kier molecular flexibility index (Phi) is 7.16. The number of aryl methyl sites for hydroxylation is 3. The highest BCUT2D eigenvalue weighted by molar-refractivity contribution is 5.73. The highest BCUT2D eigenvalue weighted by Crippen LogP contribution is 2.42. The molecule has 0 saturated carbocycles. The molecule has 2 aromatic carbocycles. The van der Waals surface area contributed by atoms with Gasteiger partial charge in [0.15, 0.2) is 0 Å². The van der Waals surface area contributed by atoms with Crippen molar-refractivity contribution in [3.05, 3.63) is 75.9 Å². The van der Waals surface area contributed by atoms with E-state index in [2.05, 4.69) is 77.1 Å². The predicted octanol–water partition coefficient (Wildman–Crippen LogP) is 8.41. The van der Waals surface area contributed by atoms with Crippen molar-refractivity contribution in [2.24, 2.45) is 5.92 Å². The van der Waals surface area contributed by atoms with Gasteiger partial charge in [-0.05, 0) is 86.6 Å². The van der Waals surface area contributed by atoms with E-state index in [0.29, 0.717) is 5.92 Å². The van der Waals surface area contributed by atoms with Gasteiger partial charge in [0, 0.05) is 5.92 Å². The molecule has 2 atom stereocenters. The molecule has 28 heavy (non-hydrogen) atoms. The highest BCUT2D eigenvalue weighted by Gasteiger charge is 2.23. The summed E-state index contributed by atoms with van der Waals surface area (Å²) in [5.41, 5.74) is 10.4. The minimum absolute atomic E-state index is 0.581. The van der Waals surface area contributed by atoms with E-state index in [0.717, 1.165) is 5.92 Å². The van der Waals surface area contributed by atoms with Crippen LogP contribution in [0.5, 0.6) is 0 Å². The second kappa shape index (κ2) is 9.59. The summed E-state index contributed by atoms with van der Waals surface area (Å²) in [6.45, 7) is 11.5. The van der Waals surface area contributed by atoms with Crippen molar-refractivity contribution < 1.29 is 0 Å². The second-order valence-corrected chi connectivity index (χ2v) is 9.07. The minimum atomic E-state index is 0.581. The van der Waals surface area contributed by atoms with E-state index in [1.165, 1.54) is 72.8 Å². The number of allylic oxidation sites excluding steroid dienone is 2. The van der Waals surface area contributed by atoms with Gasteiger partial charge in [0.25, 0.3) is 0 Å². The predicted molar refractivity (Wildman–Crippen MR) is 124 cm³/mol. The van der Waals surface area contributed by atoms with Gasteiger partial charge < -0.3 is 0 Å². The van der Waals surface area contributed by atoms with Crippen molar-refractivity contribution in [1.82, 2.24) is 0 Å². The lowest BCUT2D eigenvalue weighted by Gasteiger charge is -2.28. The van der Waals surface area contributed by atoms with Crippen LogP contribution >= 0.6 is 0 Å². The first kappa shape index (κ1) is 20.9. The molecule has 0 aliphatic heterocycles. The summed E-state index contributed by atoms with van der Waals surface area (Å²) in [5, 5.41) is 0. The van der Waals surface area contributed by atoms with E-state index in [4.69, 9.17) is 0 Å². The first-order valence-electron chi connectivity index (χ1n) is 11.4. The fourth-order valence-electron chi connectivity index (χ4n) is 4.71. The van der Waals surface area contributed by atoms with Crippen LogP contribution in [-0.4, -0.2) is 0 Å². The molecule has 0 heteroatoms. The van der Waals surface area contributed by atoms with Crippen LogP contribution in [0.3, 0.4) is 0 Å². The quantitative estimate of drug-likeness (QED) is 0.456. The summed E-state index contributed by atoms with van der Waals surface area (Å²) in [6, 6.07) is 16.5. The van der Waals surface area contributed by atoms with Crippen molar-refractivity contribution in [3.8, 4) is 0 Å². The van der Waals surface area contributed by atoms with E-state index in [1.807, 2.05) is 0 Å². The maximum absolute atomic E-state index is 2.40.